The van der Waals surface area contributed by atoms with E-state index in [2.05, 4.69) is 22.5 Å². The van der Waals surface area contributed by atoms with Crippen LogP contribution in [0.25, 0.3) is 0 Å². The molecule has 94 valence electrons. The molecule has 0 atom stereocenters. The van der Waals surface area contributed by atoms with Gasteiger partial charge in [0.1, 0.15) is 0 Å². The Morgan fingerprint density at radius 1 is 1.35 bits per heavy atom. The molecule has 1 rings (SSSR count). The summed E-state index contributed by atoms with van der Waals surface area (Å²) in [7, 11) is 0. The summed E-state index contributed by atoms with van der Waals surface area (Å²) in [5, 5.41) is 14.9. The molecule has 1 aromatic heterocycles. The standard InChI is InChI=1S/C11H17N3O3/c1-2-3-12-4-5-13-11(17)8-6-9(15)14-10(16)7-8/h6-7,12H,2-5H2,1H3,(H,13,17)(H2,14,15,16). The van der Waals surface area contributed by atoms with Crippen molar-refractivity contribution in [3.63, 3.8) is 0 Å². The summed E-state index contributed by atoms with van der Waals surface area (Å²) in [6.45, 7) is 4.12. The highest BCUT2D eigenvalue weighted by Crippen LogP contribution is 2.03. The molecule has 0 bridgehead atoms. The van der Waals surface area contributed by atoms with E-state index >= 15 is 0 Å². The number of carbonyl (C=O) groups is 1. The number of amides is 1. The Kier molecular flexibility index (Phi) is 5.22. The first-order valence-electron chi connectivity index (χ1n) is 5.55. The lowest BCUT2D eigenvalue weighted by Crippen LogP contribution is -2.32. The molecule has 1 aromatic rings. The molecule has 0 aromatic carbocycles. The van der Waals surface area contributed by atoms with Crippen molar-refractivity contribution in [3.05, 3.63) is 28.0 Å². The normalized spacial score (nSPS) is 10.2. The maximum atomic E-state index is 11.6. The summed E-state index contributed by atoms with van der Waals surface area (Å²) in [4.78, 5) is 24.8. The molecule has 0 saturated heterocycles. The predicted molar refractivity (Wildman–Crippen MR) is 64.2 cm³/mol. The fraction of sp³-hybridized carbons (Fsp3) is 0.455. The molecule has 6 nitrogen and oxygen atoms in total. The number of carbonyl (C=O) groups excluding carboxylic acids is 1. The molecule has 1 amide bonds. The van der Waals surface area contributed by atoms with Gasteiger partial charge < -0.3 is 15.7 Å². The van der Waals surface area contributed by atoms with E-state index in [0.717, 1.165) is 19.0 Å². The van der Waals surface area contributed by atoms with Crippen LogP contribution in [0.3, 0.4) is 0 Å². The molecule has 0 saturated carbocycles. The van der Waals surface area contributed by atoms with Crippen molar-refractivity contribution in [1.29, 1.82) is 0 Å². The van der Waals surface area contributed by atoms with Gasteiger partial charge in [0.2, 0.25) is 0 Å². The molecule has 0 aliphatic heterocycles. The molecule has 0 unspecified atom stereocenters. The Morgan fingerprint density at radius 3 is 2.76 bits per heavy atom. The van der Waals surface area contributed by atoms with Gasteiger partial charge in [-0.2, -0.15) is 0 Å². The fourth-order valence-corrected chi connectivity index (χ4v) is 1.33. The molecule has 6 heteroatoms. The summed E-state index contributed by atoms with van der Waals surface area (Å²) >= 11 is 0. The van der Waals surface area contributed by atoms with Gasteiger partial charge in [-0.15, -0.1) is 0 Å². The number of hydrogen-bond donors (Lipinski definition) is 4. The van der Waals surface area contributed by atoms with Gasteiger partial charge in [0, 0.05) is 25.2 Å². The van der Waals surface area contributed by atoms with E-state index in [9.17, 15) is 9.59 Å². The molecule has 0 aliphatic carbocycles. The van der Waals surface area contributed by atoms with Crippen LogP contribution in [0.5, 0.6) is 5.88 Å². The molecular formula is C11H17N3O3. The van der Waals surface area contributed by atoms with Gasteiger partial charge in [-0.3, -0.25) is 14.6 Å². The van der Waals surface area contributed by atoms with Gasteiger partial charge in [0.25, 0.3) is 11.5 Å². The number of aromatic amines is 1. The maximum absolute atomic E-state index is 11.6. The van der Waals surface area contributed by atoms with Gasteiger partial charge >= 0.3 is 0 Å². The molecule has 4 N–H and O–H groups in total. The number of hydrogen-bond acceptors (Lipinski definition) is 4. The van der Waals surface area contributed by atoms with Crippen LogP contribution >= 0.6 is 0 Å². The fourth-order valence-electron chi connectivity index (χ4n) is 1.33. The highest BCUT2D eigenvalue weighted by molar-refractivity contribution is 5.94. The first-order chi connectivity index (χ1) is 8.13. The Hall–Kier alpha value is -1.82. The Balaban J connectivity index is 2.44. The first-order valence-corrected chi connectivity index (χ1v) is 5.55. The van der Waals surface area contributed by atoms with Crippen LogP contribution in [0.4, 0.5) is 0 Å². The van der Waals surface area contributed by atoms with Crippen molar-refractivity contribution in [2.24, 2.45) is 0 Å². The zero-order valence-electron chi connectivity index (χ0n) is 9.75. The third-order valence-corrected chi connectivity index (χ3v) is 2.11. The third kappa shape index (κ3) is 4.69. The van der Waals surface area contributed by atoms with Crippen molar-refractivity contribution in [2.75, 3.05) is 19.6 Å². The minimum absolute atomic E-state index is 0.154. The van der Waals surface area contributed by atoms with Gasteiger partial charge in [-0.1, -0.05) is 6.92 Å². The molecule has 0 spiro atoms. The number of rotatable bonds is 6. The van der Waals surface area contributed by atoms with Crippen molar-refractivity contribution in [3.8, 4) is 5.88 Å². The van der Waals surface area contributed by atoms with E-state index in [-0.39, 0.29) is 17.4 Å². The lowest BCUT2D eigenvalue weighted by atomic mass is 10.2. The van der Waals surface area contributed by atoms with E-state index < -0.39 is 5.56 Å². The molecule has 0 fully saturated rings. The van der Waals surface area contributed by atoms with Crippen LogP contribution in [0, 0.1) is 0 Å². The van der Waals surface area contributed by atoms with Crippen LogP contribution < -0.4 is 16.2 Å². The highest BCUT2D eigenvalue weighted by atomic mass is 16.3. The first kappa shape index (κ1) is 13.2. The van der Waals surface area contributed by atoms with Gasteiger partial charge in [0.05, 0.1) is 5.56 Å². The largest absolute Gasteiger partial charge is 0.494 e. The second-order valence-corrected chi connectivity index (χ2v) is 3.62. The lowest BCUT2D eigenvalue weighted by molar-refractivity contribution is 0.0953. The lowest BCUT2D eigenvalue weighted by Gasteiger charge is -2.06. The quantitative estimate of drug-likeness (QED) is 0.517. The number of aromatic nitrogens is 1. The average molecular weight is 239 g/mol. The highest BCUT2D eigenvalue weighted by Gasteiger charge is 2.06. The summed E-state index contributed by atoms with van der Waals surface area (Å²) in [6.07, 6.45) is 1.04. The summed E-state index contributed by atoms with van der Waals surface area (Å²) in [5.41, 5.74) is -0.346. The third-order valence-electron chi connectivity index (χ3n) is 2.11. The SMILES string of the molecule is CCCNCCNC(=O)c1cc(O)[nH]c(=O)c1. The molecular weight excluding hydrogens is 222 g/mol. The number of pyridine rings is 1. The second-order valence-electron chi connectivity index (χ2n) is 3.62. The molecule has 17 heavy (non-hydrogen) atoms. The summed E-state index contributed by atoms with van der Waals surface area (Å²) in [6, 6.07) is 2.37. The molecule has 0 radical (unpaired) electrons. The van der Waals surface area contributed by atoms with Crippen LogP contribution in [-0.4, -0.2) is 35.6 Å². The second kappa shape index (κ2) is 6.70. The predicted octanol–water partition coefficient (Wildman–Crippen LogP) is -0.190. The number of nitrogens with one attached hydrogen (secondary N) is 3. The van der Waals surface area contributed by atoms with E-state index in [0.29, 0.717) is 13.1 Å². The van der Waals surface area contributed by atoms with Gasteiger partial charge in [-0.25, -0.2) is 0 Å². The van der Waals surface area contributed by atoms with Gasteiger partial charge in [0.15, 0.2) is 5.88 Å². The van der Waals surface area contributed by atoms with E-state index in [1.165, 1.54) is 6.07 Å². The van der Waals surface area contributed by atoms with Crippen LogP contribution in [0.1, 0.15) is 23.7 Å². The van der Waals surface area contributed by atoms with E-state index in [4.69, 9.17) is 5.11 Å². The smallest absolute Gasteiger partial charge is 0.251 e. The van der Waals surface area contributed by atoms with E-state index in [1.54, 1.807) is 0 Å². The van der Waals surface area contributed by atoms with Crippen LogP contribution in [0.15, 0.2) is 16.9 Å². The Bertz CT molecular complexity index is 428. The zero-order chi connectivity index (χ0) is 12.7. The molecule has 1 heterocycles. The Morgan fingerprint density at radius 2 is 2.12 bits per heavy atom. The molecule has 0 aliphatic rings. The number of aromatic hydroxyl groups is 1. The Labute approximate surface area is 99.1 Å². The minimum atomic E-state index is -0.501. The van der Waals surface area contributed by atoms with E-state index in [1.807, 2.05) is 0 Å². The summed E-state index contributed by atoms with van der Waals surface area (Å²) < 4.78 is 0. The van der Waals surface area contributed by atoms with Crippen molar-refractivity contribution >= 4 is 5.91 Å². The van der Waals surface area contributed by atoms with Crippen molar-refractivity contribution in [1.82, 2.24) is 15.6 Å². The monoisotopic (exact) mass is 239 g/mol. The van der Waals surface area contributed by atoms with Crippen molar-refractivity contribution in [2.45, 2.75) is 13.3 Å². The summed E-state index contributed by atoms with van der Waals surface area (Å²) in [5.74, 6) is -0.684. The van der Waals surface area contributed by atoms with Crippen molar-refractivity contribution < 1.29 is 9.90 Å². The average Bonchev–Trinajstić information content (AvgIpc) is 2.27. The minimum Gasteiger partial charge on any atom is -0.494 e. The zero-order valence-corrected chi connectivity index (χ0v) is 9.75. The van der Waals surface area contributed by atoms with Crippen LogP contribution in [0.2, 0.25) is 0 Å². The number of H-pyrrole nitrogens is 1. The maximum Gasteiger partial charge on any atom is 0.251 e. The topological polar surface area (TPSA) is 94.2 Å². The van der Waals surface area contributed by atoms with Gasteiger partial charge in [-0.05, 0) is 13.0 Å². The van der Waals surface area contributed by atoms with Crippen LogP contribution in [-0.2, 0) is 0 Å².